The lowest BCUT2D eigenvalue weighted by molar-refractivity contribution is -0.117. The van der Waals surface area contributed by atoms with E-state index in [2.05, 4.69) is 41.8 Å². The molecule has 2 aromatic rings. The van der Waals surface area contributed by atoms with Crippen LogP contribution in [0.5, 0.6) is 0 Å². The Labute approximate surface area is 102 Å². The summed E-state index contributed by atoms with van der Waals surface area (Å²) in [4.78, 5) is 10.9. The van der Waals surface area contributed by atoms with Gasteiger partial charge in [-0.1, -0.05) is 18.2 Å². The minimum Gasteiger partial charge on any atom is -0.345 e. The van der Waals surface area contributed by atoms with Gasteiger partial charge in [0.25, 0.3) is 0 Å². The van der Waals surface area contributed by atoms with Crippen molar-refractivity contribution in [2.45, 2.75) is 39.7 Å². The fourth-order valence-electron chi connectivity index (χ4n) is 2.29. The molecule has 0 aliphatic carbocycles. The molecular formula is C15H19NO. The van der Waals surface area contributed by atoms with Crippen LogP contribution < -0.4 is 0 Å². The van der Waals surface area contributed by atoms with Gasteiger partial charge in [0.15, 0.2) is 0 Å². The molecule has 0 bridgehead atoms. The second kappa shape index (κ2) is 5.17. The van der Waals surface area contributed by atoms with E-state index in [4.69, 9.17) is 0 Å². The summed E-state index contributed by atoms with van der Waals surface area (Å²) >= 11 is 0. The SMILES string of the molecule is CC(=O)CCCCn1c(C)cc2ccccc21. The molecule has 17 heavy (non-hydrogen) atoms. The van der Waals surface area contributed by atoms with Crippen molar-refractivity contribution in [1.82, 2.24) is 4.57 Å². The average Bonchev–Trinajstić information content (AvgIpc) is 2.60. The Bertz CT molecular complexity index is 525. The summed E-state index contributed by atoms with van der Waals surface area (Å²) in [5.74, 6) is 0.291. The highest BCUT2D eigenvalue weighted by Gasteiger charge is 2.04. The molecule has 1 aromatic heterocycles. The maximum Gasteiger partial charge on any atom is 0.129 e. The molecule has 0 amide bonds. The summed E-state index contributed by atoms with van der Waals surface area (Å²) in [6.07, 6.45) is 2.76. The minimum atomic E-state index is 0.291. The van der Waals surface area contributed by atoms with Crippen LogP contribution in [-0.2, 0) is 11.3 Å². The Kier molecular flexibility index (Phi) is 3.62. The predicted octanol–water partition coefficient (Wildman–Crippen LogP) is 3.71. The van der Waals surface area contributed by atoms with Crippen LogP contribution in [0.25, 0.3) is 10.9 Å². The first-order valence-electron chi connectivity index (χ1n) is 6.23. The van der Waals surface area contributed by atoms with E-state index in [9.17, 15) is 4.79 Å². The monoisotopic (exact) mass is 229 g/mol. The van der Waals surface area contributed by atoms with E-state index in [1.165, 1.54) is 16.6 Å². The van der Waals surface area contributed by atoms with E-state index in [0.29, 0.717) is 12.2 Å². The number of carbonyl (C=O) groups is 1. The van der Waals surface area contributed by atoms with Gasteiger partial charge < -0.3 is 9.36 Å². The van der Waals surface area contributed by atoms with Gasteiger partial charge in [-0.2, -0.15) is 0 Å². The molecule has 2 heteroatoms. The van der Waals surface area contributed by atoms with Crippen molar-refractivity contribution in [3.05, 3.63) is 36.0 Å². The number of Topliss-reactive ketones (excluding diaryl/α,β-unsaturated/α-hetero) is 1. The molecule has 0 aliphatic heterocycles. The van der Waals surface area contributed by atoms with Crippen LogP contribution in [0.4, 0.5) is 0 Å². The normalized spacial score (nSPS) is 10.9. The van der Waals surface area contributed by atoms with E-state index in [1.807, 2.05) is 0 Å². The zero-order chi connectivity index (χ0) is 12.3. The number of unbranched alkanes of at least 4 members (excludes halogenated alkanes) is 1. The van der Waals surface area contributed by atoms with E-state index >= 15 is 0 Å². The van der Waals surface area contributed by atoms with E-state index in [0.717, 1.165) is 19.4 Å². The van der Waals surface area contributed by atoms with Crippen LogP contribution in [0.2, 0.25) is 0 Å². The molecule has 1 aromatic carbocycles. The van der Waals surface area contributed by atoms with Crippen molar-refractivity contribution in [3.63, 3.8) is 0 Å². The highest BCUT2D eigenvalue weighted by molar-refractivity contribution is 5.81. The van der Waals surface area contributed by atoms with Crippen LogP contribution in [0.15, 0.2) is 30.3 Å². The van der Waals surface area contributed by atoms with Gasteiger partial charge in [0.1, 0.15) is 5.78 Å². The maximum absolute atomic E-state index is 10.9. The predicted molar refractivity (Wildman–Crippen MR) is 71.2 cm³/mol. The molecule has 0 unspecified atom stereocenters. The van der Waals surface area contributed by atoms with E-state index in [1.54, 1.807) is 6.92 Å². The second-order valence-corrected chi connectivity index (χ2v) is 4.66. The van der Waals surface area contributed by atoms with Crippen molar-refractivity contribution in [3.8, 4) is 0 Å². The van der Waals surface area contributed by atoms with Crippen molar-refractivity contribution >= 4 is 16.7 Å². The summed E-state index contributed by atoms with van der Waals surface area (Å²) in [6, 6.07) is 10.7. The fraction of sp³-hybridized carbons (Fsp3) is 0.400. The summed E-state index contributed by atoms with van der Waals surface area (Å²) in [7, 11) is 0. The Hall–Kier alpha value is -1.57. The molecule has 0 N–H and O–H groups in total. The summed E-state index contributed by atoms with van der Waals surface area (Å²) in [5, 5.41) is 1.30. The third-order valence-corrected chi connectivity index (χ3v) is 3.18. The second-order valence-electron chi connectivity index (χ2n) is 4.66. The summed E-state index contributed by atoms with van der Waals surface area (Å²) in [5.41, 5.74) is 2.60. The third-order valence-electron chi connectivity index (χ3n) is 3.18. The zero-order valence-corrected chi connectivity index (χ0v) is 10.6. The molecule has 0 fully saturated rings. The number of benzene rings is 1. The Balaban J connectivity index is 2.07. The first-order valence-corrected chi connectivity index (χ1v) is 6.23. The largest absolute Gasteiger partial charge is 0.345 e. The minimum absolute atomic E-state index is 0.291. The van der Waals surface area contributed by atoms with Crippen LogP contribution in [0, 0.1) is 6.92 Å². The van der Waals surface area contributed by atoms with Crippen molar-refractivity contribution < 1.29 is 4.79 Å². The Morgan fingerprint density at radius 2 is 2.00 bits per heavy atom. The first kappa shape index (κ1) is 11.9. The molecule has 0 saturated heterocycles. The fourth-order valence-corrected chi connectivity index (χ4v) is 2.29. The number of ketones is 1. The highest BCUT2D eigenvalue weighted by atomic mass is 16.1. The number of rotatable bonds is 5. The standard InChI is InChI=1S/C15H19NO/c1-12-11-14-8-3-4-9-15(14)16(12)10-6-5-7-13(2)17/h3-4,8-9,11H,5-7,10H2,1-2H3. The number of nitrogens with zero attached hydrogens (tertiary/aromatic N) is 1. The number of carbonyl (C=O) groups excluding carboxylic acids is 1. The zero-order valence-electron chi connectivity index (χ0n) is 10.6. The van der Waals surface area contributed by atoms with Gasteiger partial charge >= 0.3 is 0 Å². The molecule has 0 radical (unpaired) electrons. The quantitative estimate of drug-likeness (QED) is 0.716. The summed E-state index contributed by atoms with van der Waals surface area (Å²) < 4.78 is 2.34. The topological polar surface area (TPSA) is 22.0 Å². The summed E-state index contributed by atoms with van der Waals surface area (Å²) in [6.45, 7) is 4.81. The molecule has 2 rings (SSSR count). The van der Waals surface area contributed by atoms with E-state index in [-0.39, 0.29) is 0 Å². The van der Waals surface area contributed by atoms with Crippen molar-refractivity contribution in [2.24, 2.45) is 0 Å². The smallest absolute Gasteiger partial charge is 0.129 e. The van der Waals surface area contributed by atoms with Crippen molar-refractivity contribution in [2.75, 3.05) is 0 Å². The number of hydrogen-bond acceptors (Lipinski definition) is 1. The van der Waals surface area contributed by atoms with Gasteiger partial charge in [0.05, 0.1) is 0 Å². The number of aryl methyl sites for hydroxylation is 2. The average molecular weight is 229 g/mol. The number of aromatic nitrogens is 1. The van der Waals surface area contributed by atoms with Crippen LogP contribution in [0.1, 0.15) is 31.9 Å². The first-order chi connectivity index (χ1) is 8.18. The molecule has 0 saturated carbocycles. The van der Waals surface area contributed by atoms with Gasteiger partial charge in [0.2, 0.25) is 0 Å². The van der Waals surface area contributed by atoms with Crippen LogP contribution in [0.3, 0.4) is 0 Å². The van der Waals surface area contributed by atoms with Gasteiger partial charge in [-0.05, 0) is 44.2 Å². The Morgan fingerprint density at radius 1 is 1.24 bits per heavy atom. The maximum atomic E-state index is 10.9. The highest BCUT2D eigenvalue weighted by Crippen LogP contribution is 2.19. The lowest BCUT2D eigenvalue weighted by Gasteiger charge is -2.07. The lowest BCUT2D eigenvalue weighted by atomic mass is 10.2. The van der Waals surface area contributed by atoms with Crippen molar-refractivity contribution in [1.29, 1.82) is 0 Å². The molecule has 2 nitrogen and oxygen atoms in total. The molecule has 0 atom stereocenters. The molecule has 1 heterocycles. The van der Waals surface area contributed by atoms with Gasteiger partial charge in [-0.3, -0.25) is 0 Å². The van der Waals surface area contributed by atoms with Gasteiger partial charge in [-0.25, -0.2) is 0 Å². The van der Waals surface area contributed by atoms with Gasteiger partial charge in [0, 0.05) is 24.2 Å². The number of hydrogen-bond donors (Lipinski definition) is 0. The number of para-hydroxylation sites is 1. The Morgan fingerprint density at radius 3 is 2.76 bits per heavy atom. The molecule has 90 valence electrons. The van der Waals surface area contributed by atoms with Crippen LogP contribution in [-0.4, -0.2) is 10.4 Å². The number of fused-ring (bicyclic) bond motifs is 1. The van der Waals surface area contributed by atoms with Crippen LogP contribution >= 0.6 is 0 Å². The molecule has 0 aliphatic rings. The van der Waals surface area contributed by atoms with Gasteiger partial charge in [-0.15, -0.1) is 0 Å². The van der Waals surface area contributed by atoms with E-state index < -0.39 is 0 Å². The third kappa shape index (κ3) is 2.76. The molecule has 0 spiro atoms. The molecular weight excluding hydrogens is 210 g/mol. The lowest BCUT2D eigenvalue weighted by Crippen LogP contribution is -2.00.